The Kier molecular flexibility index (Phi) is 5.86. The summed E-state index contributed by atoms with van der Waals surface area (Å²) in [7, 11) is 0. The van der Waals surface area contributed by atoms with Gasteiger partial charge in [0.1, 0.15) is 5.82 Å². The highest BCUT2D eigenvalue weighted by molar-refractivity contribution is 6.39. The Balaban J connectivity index is 1.31. The van der Waals surface area contributed by atoms with Gasteiger partial charge in [-0.25, -0.2) is 4.98 Å². The second-order valence-corrected chi connectivity index (χ2v) is 8.47. The molecule has 1 amide bonds. The number of imidazole rings is 1. The number of aromatic nitrogens is 2. The molecule has 2 N–H and O–H groups in total. The van der Waals surface area contributed by atoms with Gasteiger partial charge in [0.2, 0.25) is 0 Å². The van der Waals surface area contributed by atoms with Crippen LogP contribution >= 0.6 is 23.2 Å². The molecule has 0 unspecified atom stereocenters. The van der Waals surface area contributed by atoms with Crippen molar-refractivity contribution >= 4 is 40.1 Å². The van der Waals surface area contributed by atoms with Gasteiger partial charge in [-0.15, -0.1) is 0 Å². The lowest BCUT2D eigenvalue weighted by Crippen LogP contribution is -2.22. The largest absolute Gasteiger partial charge is 0.348 e. The molecule has 0 saturated heterocycles. The summed E-state index contributed by atoms with van der Waals surface area (Å²) in [4.78, 5) is 20.5. The number of aromatic amines is 1. The summed E-state index contributed by atoms with van der Waals surface area (Å²) in [6.45, 7) is 0.440. The molecule has 0 aliphatic rings. The minimum absolute atomic E-state index is 0.157. The highest BCUT2D eigenvalue weighted by Crippen LogP contribution is 2.33. The Hall–Kier alpha value is -3.60. The molecule has 0 spiro atoms. The molecule has 5 aromatic rings. The lowest BCUT2D eigenvalue weighted by atomic mass is 10.0. The van der Waals surface area contributed by atoms with Crippen LogP contribution in [0.25, 0.3) is 33.5 Å². The van der Waals surface area contributed by atoms with Crippen LogP contribution in [-0.4, -0.2) is 15.9 Å². The molecule has 4 nitrogen and oxygen atoms in total. The molecule has 0 radical (unpaired) electrons. The van der Waals surface area contributed by atoms with E-state index in [0.717, 1.165) is 22.2 Å². The SMILES string of the molecule is O=C(NCc1ccc(-c2ccccc2)cc1)c1ccc2nc(-c3c(Cl)cccc3Cl)[nH]c2c1. The first-order valence-electron chi connectivity index (χ1n) is 10.5. The van der Waals surface area contributed by atoms with Crippen LogP contribution in [0, 0.1) is 0 Å². The third-order valence-corrected chi connectivity index (χ3v) is 6.09. The minimum Gasteiger partial charge on any atom is -0.348 e. The van der Waals surface area contributed by atoms with Crippen molar-refractivity contribution in [1.82, 2.24) is 15.3 Å². The fourth-order valence-corrected chi connectivity index (χ4v) is 4.30. The first-order chi connectivity index (χ1) is 16.1. The van der Waals surface area contributed by atoms with Gasteiger partial charge in [-0.2, -0.15) is 0 Å². The van der Waals surface area contributed by atoms with Crippen LogP contribution in [0.15, 0.2) is 91.0 Å². The summed E-state index contributed by atoms with van der Waals surface area (Å²) in [5.41, 5.74) is 5.99. The van der Waals surface area contributed by atoms with Crippen LogP contribution in [0.5, 0.6) is 0 Å². The van der Waals surface area contributed by atoms with Crippen molar-refractivity contribution in [1.29, 1.82) is 0 Å². The predicted molar refractivity (Wildman–Crippen MR) is 135 cm³/mol. The summed E-state index contributed by atoms with van der Waals surface area (Å²) >= 11 is 12.6. The highest BCUT2D eigenvalue weighted by Gasteiger charge is 2.14. The fraction of sp³-hybridized carbons (Fsp3) is 0.0370. The maximum atomic E-state index is 12.7. The summed E-state index contributed by atoms with van der Waals surface area (Å²) < 4.78 is 0. The Morgan fingerprint density at radius 2 is 1.52 bits per heavy atom. The number of amides is 1. The van der Waals surface area contributed by atoms with Gasteiger partial charge in [0, 0.05) is 12.1 Å². The molecule has 0 saturated carbocycles. The number of hydrogen-bond donors (Lipinski definition) is 2. The molecule has 4 aromatic carbocycles. The standard InChI is InChI=1S/C27H19Cl2N3O/c28-21-7-4-8-22(29)25(21)26-31-23-14-13-20(15-24(23)32-26)27(33)30-16-17-9-11-19(12-10-17)18-5-2-1-3-6-18/h1-15H,16H2,(H,30,33)(H,31,32). The first kappa shape index (κ1) is 21.3. The number of carbonyl (C=O) groups is 1. The monoisotopic (exact) mass is 471 g/mol. The van der Waals surface area contributed by atoms with Crippen LogP contribution in [0.4, 0.5) is 0 Å². The van der Waals surface area contributed by atoms with Gasteiger partial charge in [-0.05, 0) is 47.0 Å². The van der Waals surface area contributed by atoms with E-state index in [1.807, 2.05) is 36.4 Å². The Bertz CT molecular complexity index is 1420. The number of nitrogens with one attached hydrogen (secondary N) is 2. The second kappa shape index (κ2) is 9.10. The van der Waals surface area contributed by atoms with E-state index in [1.54, 1.807) is 30.3 Å². The van der Waals surface area contributed by atoms with Crippen molar-refractivity contribution < 1.29 is 4.79 Å². The Labute approximate surface area is 201 Å². The number of H-pyrrole nitrogens is 1. The van der Waals surface area contributed by atoms with Gasteiger partial charge in [-0.1, -0.05) is 83.9 Å². The molecule has 0 aliphatic carbocycles. The first-order valence-corrected chi connectivity index (χ1v) is 11.2. The van der Waals surface area contributed by atoms with E-state index in [1.165, 1.54) is 5.56 Å². The molecular weight excluding hydrogens is 453 g/mol. The van der Waals surface area contributed by atoms with E-state index in [9.17, 15) is 4.79 Å². The van der Waals surface area contributed by atoms with Crippen molar-refractivity contribution in [3.63, 3.8) is 0 Å². The Morgan fingerprint density at radius 1 is 0.818 bits per heavy atom. The summed E-state index contributed by atoms with van der Waals surface area (Å²) in [5.74, 6) is 0.410. The summed E-state index contributed by atoms with van der Waals surface area (Å²) in [6.07, 6.45) is 0. The molecule has 33 heavy (non-hydrogen) atoms. The minimum atomic E-state index is -0.157. The van der Waals surface area contributed by atoms with Gasteiger partial charge in [0.05, 0.1) is 26.6 Å². The van der Waals surface area contributed by atoms with E-state index in [-0.39, 0.29) is 5.91 Å². The zero-order valence-corrected chi connectivity index (χ0v) is 19.0. The molecule has 0 aliphatic heterocycles. The van der Waals surface area contributed by atoms with Gasteiger partial charge in [0.25, 0.3) is 5.91 Å². The van der Waals surface area contributed by atoms with E-state index in [2.05, 4.69) is 39.6 Å². The van der Waals surface area contributed by atoms with Gasteiger partial charge in [-0.3, -0.25) is 4.79 Å². The van der Waals surface area contributed by atoms with Crippen LogP contribution in [-0.2, 0) is 6.54 Å². The molecule has 0 atom stereocenters. The molecule has 0 bridgehead atoms. The van der Waals surface area contributed by atoms with Crippen molar-refractivity contribution in [2.24, 2.45) is 0 Å². The topological polar surface area (TPSA) is 57.8 Å². The van der Waals surface area contributed by atoms with Crippen LogP contribution in [0.3, 0.4) is 0 Å². The zero-order valence-electron chi connectivity index (χ0n) is 17.5. The lowest BCUT2D eigenvalue weighted by molar-refractivity contribution is 0.0951. The van der Waals surface area contributed by atoms with Crippen LogP contribution in [0.2, 0.25) is 10.0 Å². The van der Waals surface area contributed by atoms with E-state index in [0.29, 0.717) is 33.5 Å². The third-order valence-electron chi connectivity index (χ3n) is 5.46. The molecular formula is C27H19Cl2N3O. The van der Waals surface area contributed by atoms with E-state index in [4.69, 9.17) is 23.2 Å². The predicted octanol–water partition coefficient (Wildman–Crippen LogP) is 7.13. The maximum Gasteiger partial charge on any atom is 0.251 e. The molecule has 1 heterocycles. The fourth-order valence-electron chi connectivity index (χ4n) is 3.72. The third kappa shape index (κ3) is 4.49. The smallest absolute Gasteiger partial charge is 0.251 e. The number of rotatable bonds is 5. The number of carbonyl (C=O) groups excluding carboxylic acids is 1. The number of benzene rings is 4. The molecule has 162 valence electrons. The Morgan fingerprint density at radius 3 is 2.24 bits per heavy atom. The number of fused-ring (bicyclic) bond motifs is 1. The maximum absolute atomic E-state index is 12.7. The summed E-state index contributed by atoms with van der Waals surface area (Å²) in [6, 6.07) is 29.0. The van der Waals surface area contributed by atoms with Gasteiger partial charge < -0.3 is 10.3 Å². The number of halogens is 2. The molecule has 5 rings (SSSR count). The van der Waals surface area contributed by atoms with E-state index < -0.39 is 0 Å². The van der Waals surface area contributed by atoms with Crippen LogP contribution in [0.1, 0.15) is 15.9 Å². The lowest BCUT2D eigenvalue weighted by Gasteiger charge is -2.07. The average molecular weight is 472 g/mol. The van der Waals surface area contributed by atoms with Crippen molar-refractivity contribution in [3.8, 4) is 22.5 Å². The average Bonchev–Trinajstić information content (AvgIpc) is 3.26. The van der Waals surface area contributed by atoms with Crippen molar-refractivity contribution in [3.05, 3.63) is 112 Å². The van der Waals surface area contributed by atoms with Gasteiger partial charge >= 0.3 is 0 Å². The van der Waals surface area contributed by atoms with Crippen molar-refractivity contribution in [2.45, 2.75) is 6.54 Å². The van der Waals surface area contributed by atoms with Gasteiger partial charge in [0.15, 0.2) is 0 Å². The number of nitrogens with zero attached hydrogens (tertiary/aromatic N) is 1. The molecule has 6 heteroatoms. The highest BCUT2D eigenvalue weighted by atomic mass is 35.5. The van der Waals surface area contributed by atoms with Crippen molar-refractivity contribution in [2.75, 3.05) is 0 Å². The second-order valence-electron chi connectivity index (χ2n) is 7.66. The normalized spacial score (nSPS) is 11.0. The number of hydrogen-bond acceptors (Lipinski definition) is 2. The molecule has 0 fully saturated rings. The molecule has 1 aromatic heterocycles. The summed E-state index contributed by atoms with van der Waals surface area (Å²) in [5, 5.41) is 4.00. The van der Waals surface area contributed by atoms with Crippen LogP contribution < -0.4 is 5.32 Å². The zero-order chi connectivity index (χ0) is 22.8. The van der Waals surface area contributed by atoms with E-state index >= 15 is 0 Å². The quantitative estimate of drug-likeness (QED) is 0.286.